The minimum Gasteiger partial charge on any atom is -0.481 e. The van der Waals surface area contributed by atoms with Gasteiger partial charge in [-0.25, -0.2) is 22.9 Å². The van der Waals surface area contributed by atoms with Gasteiger partial charge >= 0.3 is 6.03 Å². The maximum atomic E-state index is 12.7. The third kappa shape index (κ3) is 4.38. The Bertz CT molecular complexity index is 1090. The van der Waals surface area contributed by atoms with Crippen LogP contribution in [0.15, 0.2) is 30.5 Å². The summed E-state index contributed by atoms with van der Waals surface area (Å²) < 4.78 is 32.7. The van der Waals surface area contributed by atoms with Crippen LogP contribution in [-0.4, -0.2) is 55.8 Å². The molecule has 0 unspecified atom stereocenters. The number of carbonyl (C=O) groups excluding carboxylic acids is 1. The van der Waals surface area contributed by atoms with E-state index in [0.717, 1.165) is 36.0 Å². The number of nitrogens with zero attached hydrogens (tertiary/aromatic N) is 2. The second-order valence-electron chi connectivity index (χ2n) is 8.34. The molecule has 1 aliphatic carbocycles. The van der Waals surface area contributed by atoms with Gasteiger partial charge in [-0.3, -0.25) is 4.90 Å². The van der Waals surface area contributed by atoms with Gasteiger partial charge in [0.2, 0.25) is 15.9 Å². The maximum absolute atomic E-state index is 12.7. The number of hydrogen-bond acceptors (Lipinski definition) is 6. The van der Waals surface area contributed by atoms with E-state index in [-0.39, 0.29) is 6.04 Å². The number of methoxy groups -OCH3 is 1. The molecule has 1 aromatic heterocycles. The molecule has 2 amide bonds. The number of hydrogen-bond donors (Lipinski definition) is 2. The minimum absolute atomic E-state index is 0.284. The molecule has 2 aromatic rings. The van der Waals surface area contributed by atoms with Crippen molar-refractivity contribution < 1.29 is 17.9 Å². The van der Waals surface area contributed by atoms with Crippen LogP contribution in [0.4, 0.5) is 10.5 Å². The zero-order valence-electron chi connectivity index (χ0n) is 18.0. The Kier molecular flexibility index (Phi) is 5.90. The monoisotopic (exact) mass is 444 g/mol. The zero-order chi connectivity index (χ0) is 22.2. The molecule has 4 rings (SSSR count). The van der Waals surface area contributed by atoms with E-state index in [1.807, 2.05) is 26.0 Å². The molecular weight excluding hydrogens is 416 g/mol. The Balaban J connectivity index is 1.58. The first kappa shape index (κ1) is 21.6. The van der Waals surface area contributed by atoms with Crippen molar-refractivity contribution in [2.75, 3.05) is 25.5 Å². The lowest BCUT2D eigenvalue weighted by Crippen LogP contribution is -2.60. The number of aromatic nitrogens is 1. The van der Waals surface area contributed by atoms with Crippen molar-refractivity contribution in [1.82, 2.24) is 14.6 Å². The van der Waals surface area contributed by atoms with Crippen LogP contribution in [0.2, 0.25) is 0 Å². The van der Waals surface area contributed by atoms with Gasteiger partial charge < -0.3 is 10.1 Å². The number of anilines is 1. The summed E-state index contributed by atoms with van der Waals surface area (Å²) in [4.78, 5) is 18.9. The summed E-state index contributed by atoms with van der Waals surface area (Å²) in [7, 11) is -2.20. The van der Waals surface area contributed by atoms with Crippen LogP contribution in [0.3, 0.4) is 0 Å². The number of pyridine rings is 1. The first-order valence-electron chi connectivity index (χ1n) is 10.5. The number of aryl methyl sites for hydroxylation is 1. The first-order valence-corrected chi connectivity index (χ1v) is 12.0. The van der Waals surface area contributed by atoms with Gasteiger partial charge in [-0.1, -0.05) is 12.1 Å². The van der Waals surface area contributed by atoms with E-state index in [1.54, 1.807) is 19.4 Å². The van der Waals surface area contributed by atoms with Crippen LogP contribution < -0.4 is 14.8 Å². The number of nitrogens with one attached hydrogen (secondary N) is 2. The largest absolute Gasteiger partial charge is 0.481 e. The standard InChI is InChI=1S/C22H28N4O4S/c1-14(2)26-12-17(13-26)31(28,29)25-22(27)24-21-18-6-4-5-15(18)7-8-19(21)16-9-10-23-20(11-16)30-3/h7-11,14,17H,4-6,12-13H2,1-3H3,(H2,24,25,27). The molecule has 0 radical (unpaired) electrons. The number of ether oxygens (including phenoxy) is 1. The quantitative estimate of drug-likeness (QED) is 0.711. The molecule has 1 saturated heterocycles. The Morgan fingerprint density at radius 2 is 2.00 bits per heavy atom. The highest BCUT2D eigenvalue weighted by molar-refractivity contribution is 7.90. The Hall–Kier alpha value is -2.65. The predicted octanol–water partition coefficient (Wildman–Crippen LogP) is 2.79. The molecular formula is C22H28N4O4S. The highest BCUT2D eigenvalue weighted by Crippen LogP contribution is 2.38. The minimum atomic E-state index is -3.75. The van der Waals surface area contributed by atoms with Gasteiger partial charge in [0.15, 0.2) is 0 Å². The molecule has 0 saturated carbocycles. The molecule has 8 nitrogen and oxygen atoms in total. The van der Waals surface area contributed by atoms with Gasteiger partial charge in [-0.2, -0.15) is 0 Å². The molecule has 0 bridgehead atoms. The topological polar surface area (TPSA) is 101 Å². The lowest BCUT2D eigenvalue weighted by molar-refractivity contribution is 0.141. The molecule has 2 heterocycles. The number of carbonyl (C=O) groups is 1. The predicted molar refractivity (Wildman–Crippen MR) is 120 cm³/mol. The lowest BCUT2D eigenvalue weighted by atomic mass is 9.98. The number of urea groups is 1. The van der Waals surface area contributed by atoms with Crippen LogP contribution in [-0.2, 0) is 22.9 Å². The lowest BCUT2D eigenvalue weighted by Gasteiger charge is -2.41. The van der Waals surface area contributed by atoms with Crippen molar-refractivity contribution in [3.05, 3.63) is 41.6 Å². The van der Waals surface area contributed by atoms with Gasteiger partial charge in [0.1, 0.15) is 5.25 Å². The van der Waals surface area contributed by atoms with Crippen molar-refractivity contribution in [1.29, 1.82) is 0 Å². The van der Waals surface area contributed by atoms with E-state index >= 15 is 0 Å². The van der Waals surface area contributed by atoms with E-state index in [1.165, 1.54) is 5.56 Å². The average molecular weight is 445 g/mol. The van der Waals surface area contributed by atoms with E-state index in [4.69, 9.17) is 4.74 Å². The molecule has 31 heavy (non-hydrogen) atoms. The first-order chi connectivity index (χ1) is 14.8. The van der Waals surface area contributed by atoms with E-state index in [9.17, 15) is 13.2 Å². The number of sulfonamides is 1. The molecule has 0 spiro atoms. The summed E-state index contributed by atoms with van der Waals surface area (Å²) in [6.07, 6.45) is 4.42. The van der Waals surface area contributed by atoms with Crippen LogP contribution >= 0.6 is 0 Å². The molecule has 1 aromatic carbocycles. The molecule has 1 fully saturated rings. The molecule has 9 heteroatoms. The summed E-state index contributed by atoms with van der Waals surface area (Å²) in [5.41, 5.74) is 4.52. The van der Waals surface area contributed by atoms with Gasteiger partial charge in [0, 0.05) is 37.0 Å². The van der Waals surface area contributed by atoms with Crippen molar-refractivity contribution >= 4 is 21.7 Å². The Morgan fingerprint density at radius 3 is 2.71 bits per heavy atom. The van der Waals surface area contributed by atoms with E-state index < -0.39 is 21.3 Å². The highest BCUT2D eigenvalue weighted by atomic mass is 32.2. The van der Waals surface area contributed by atoms with Gasteiger partial charge in [-0.15, -0.1) is 0 Å². The molecule has 166 valence electrons. The number of likely N-dealkylation sites (tertiary alicyclic amines) is 1. The maximum Gasteiger partial charge on any atom is 0.332 e. The van der Waals surface area contributed by atoms with Crippen LogP contribution in [0, 0.1) is 0 Å². The second-order valence-corrected chi connectivity index (χ2v) is 10.3. The summed E-state index contributed by atoms with van der Waals surface area (Å²) in [5, 5.41) is 2.26. The third-order valence-electron chi connectivity index (χ3n) is 6.06. The fourth-order valence-electron chi connectivity index (χ4n) is 4.18. The number of amides is 2. The van der Waals surface area contributed by atoms with Gasteiger partial charge in [-0.05, 0) is 55.9 Å². The van der Waals surface area contributed by atoms with Crippen LogP contribution in [0.5, 0.6) is 5.88 Å². The summed E-state index contributed by atoms with van der Waals surface area (Å²) >= 11 is 0. The number of fused-ring (bicyclic) bond motifs is 1. The number of rotatable bonds is 6. The average Bonchev–Trinajstić information content (AvgIpc) is 3.15. The van der Waals surface area contributed by atoms with Gasteiger partial charge in [0.25, 0.3) is 0 Å². The number of benzene rings is 1. The highest BCUT2D eigenvalue weighted by Gasteiger charge is 2.39. The van der Waals surface area contributed by atoms with Crippen molar-refractivity contribution in [3.8, 4) is 17.0 Å². The fourth-order valence-corrected chi connectivity index (χ4v) is 5.43. The van der Waals surface area contributed by atoms with E-state index in [0.29, 0.717) is 24.7 Å². The normalized spacial score (nSPS) is 16.6. The molecule has 0 atom stereocenters. The summed E-state index contributed by atoms with van der Waals surface area (Å²) in [5.74, 6) is 0.468. The van der Waals surface area contributed by atoms with Crippen molar-refractivity contribution in [2.45, 2.75) is 44.4 Å². The fraction of sp³-hybridized carbons (Fsp3) is 0.455. The zero-order valence-corrected chi connectivity index (χ0v) is 18.8. The molecule has 2 aliphatic rings. The van der Waals surface area contributed by atoms with E-state index in [2.05, 4.69) is 26.0 Å². The third-order valence-corrected chi connectivity index (χ3v) is 7.70. The molecule has 2 N–H and O–H groups in total. The smallest absolute Gasteiger partial charge is 0.332 e. The van der Waals surface area contributed by atoms with Crippen molar-refractivity contribution in [3.63, 3.8) is 0 Å². The molecule has 1 aliphatic heterocycles. The second kappa shape index (κ2) is 8.47. The SMILES string of the molecule is COc1cc(-c2ccc3c(c2NC(=O)NS(=O)(=O)C2CN(C(C)C)C2)CCC3)ccn1. The van der Waals surface area contributed by atoms with Crippen LogP contribution in [0.1, 0.15) is 31.4 Å². The summed E-state index contributed by atoms with van der Waals surface area (Å²) in [6.45, 7) is 4.91. The van der Waals surface area contributed by atoms with Crippen molar-refractivity contribution in [2.24, 2.45) is 0 Å². The Labute approximate surface area is 183 Å². The van der Waals surface area contributed by atoms with Crippen LogP contribution in [0.25, 0.3) is 11.1 Å². The Morgan fingerprint density at radius 1 is 1.23 bits per heavy atom. The summed E-state index contributed by atoms with van der Waals surface area (Å²) in [6, 6.07) is 7.21. The van der Waals surface area contributed by atoms with Gasteiger partial charge in [0.05, 0.1) is 12.8 Å².